The fourth-order valence-corrected chi connectivity index (χ4v) is 2.26. The summed E-state index contributed by atoms with van der Waals surface area (Å²) in [5.74, 6) is 1.03. The molecule has 116 valence electrons. The fraction of sp³-hybridized carbons (Fsp3) is 0.167. The summed E-state index contributed by atoms with van der Waals surface area (Å²) in [7, 11) is 0. The molecule has 1 aromatic heterocycles. The van der Waals surface area contributed by atoms with E-state index in [-0.39, 0.29) is 12.4 Å². The van der Waals surface area contributed by atoms with Crippen LogP contribution < -0.4 is 4.74 Å². The van der Waals surface area contributed by atoms with Crippen LogP contribution in [0.25, 0.3) is 11.5 Å². The first-order chi connectivity index (χ1) is 11.1. The smallest absolute Gasteiger partial charge is 0.247 e. The third-order valence-electron chi connectivity index (χ3n) is 3.52. The summed E-state index contributed by atoms with van der Waals surface area (Å²) in [6.45, 7) is 3.89. The Balaban J connectivity index is 1.66. The lowest BCUT2D eigenvalue weighted by Crippen LogP contribution is -2.13. The van der Waals surface area contributed by atoms with Gasteiger partial charge in [-0.2, -0.15) is 0 Å². The minimum absolute atomic E-state index is 0.00416. The lowest BCUT2D eigenvalue weighted by molar-refractivity contribution is 0.0921. The first kappa shape index (κ1) is 15.0. The molecular weight excluding hydrogens is 292 g/mol. The van der Waals surface area contributed by atoms with E-state index in [0.29, 0.717) is 17.2 Å². The molecule has 0 amide bonds. The number of aromatic nitrogens is 2. The molecule has 0 spiro atoms. The van der Waals surface area contributed by atoms with E-state index in [1.165, 1.54) is 6.39 Å². The minimum atomic E-state index is -0.0350. The van der Waals surface area contributed by atoms with Crippen molar-refractivity contribution in [1.29, 1.82) is 0 Å². The van der Waals surface area contributed by atoms with Crippen molar-refractivity contribution in [3.63, 3.8) is 0 Å². The van der Waals surface area contributed by atoms with Crippen LogP contribution in [0.5, 0.6) is 5.75 Å². The molecule has 5 nitrogen and oxygen atoms in total. The standard InChI is InChI=1S/C18H16N2O3/c1-12-3-4-13(2)16(9-12)17(21)10-22-15-7-5-14(6-8-15)18-20-19-11-23-18/h3-9,11H,10H2,1-2H3. The zero-order valence-corrected chi connectivity index (χ0v) is 12.9. The zero-order valence-electron chi connectivity index (χ0n) is 12.9. The van der Waals surface area contributed by atoms with Gasteiger partial charge in [-0.3, -0.25) is 4.79 Å². The molecule has 1 heterocycles. The lowest BCUT2D eigenvalue weighted by Gasteiger charge is -2.08. The van der Waals surface area contributed by atoms with Crippen LogP contribution in [-0.4, -0.2) is 22.6 Å². The van der Waals surface area contributed by atoms with Crippen molar-refractivity contribution in [3.8, 4) is 17.2 Å². The second-order valence-electron chi connectivity index (χ2n) is 5.30. The average Bonchev–Trinajstić information content (AvgIpc) is 3.10. The Bertz CT molecular complexity index is 809. The molecule has 23 heavy (non-hydrogen) atoms. The van der Waals surface area contributed by atoms with Crippen molar-refractivity contribution >= 4 is 5.78 Å². The van der Waals surface area contributed by atoms with E-state index in [1.54, 1.807) is 12.1 Å². The van der Waals surface area contributed by atoms with Gasteiger partial charge in [0.1, 0.15) is 5.75 Å². The number of ether oxygens (including phenoxy) is 1. The Morgan fingerprint density at radius 3 is 2.61 bits per heavy atom. The first-order valence-electron chi connectivity index (χ1n) is 7.23. The van der Waals surface area contributed by atoms with Crippen LogP contribution in [0.2, 0.25) is 0 Å². The van der Waals surface area contributed by atoms with Crippen LogP contribution >= 0.6 is 0 Å². The molecule has 0 atom stereocenters. The first-order valence-corrected chi connectivity index (χ1v) is 7.23. The van der Waals surface area contributed by atoms with Gasteiger partial charge in [-0.25, -0.2) is 0 Å². The number of hydrogen-bond acceptors (Lipinski definition) is 5. The van der Waals surface area contributed by atoms with Crippen molar-refractivity contribution in [2.45, 2.75) is 13.8 Å². The Kier molecular flexibility index (Phi) is 4.19. The van der Waals surface area contributed by atoms with Gasteiger partial charge in [-0.15, -0.1) is 10.2 Å². The molecule has 0 saturated carbocycles. The summed E-state index contributed by atoms with van der Waals surface area (Å²) in [5, 5.41) is 7.47. The van der Waals surface area contributed by atoms with E-state index in [4.69, 9.17) is 9.15 Å². The van der Waals surface area contributed by atoms with Crippen LogP contribution in [-0.2, 0) is 0 Å². The molecule has 0 saturated heterocycles. The molecule has 0 unspecified atom stereocenters. The predicted octanol–water partition coefficient (Wildman–Crippen LogP) is 3.62. The van der Waals surface area contributed by atoms with Gasteiger partial charge in [0.15, 0.2) is 12.4 Å². The van der Waals surface area contributed by atoms with Crippen molar-refractivity contribution in [2.24, 2.45) is 0 Å². The fourth-order valence-electron chi connectivity index (χ4n) is 2.26. The highest BCUT2D eigenvalue weighted by Gasteiger charge is 2.10. The summed E-state index contributed by atoms with van der Waals surface area (Å²) in [6.07, 6.45) is 1.28. The largest absolute Gasteiger partial charge is 0.485 e. The number of hydrogen-bond donors (Lipinski definition) is 0. The van der Waals surface area contributed by atoms with Gasteiger partial charge in [0, 0.05) is 11.1 Å². The quantitative estimate of drug-likeness (QED) is 0.674. The van der Waals surface area contributed by atoms with Gasteiger partial charge in [0.25, 0.3) is 0 Å². The zero-order chi connectivity index (χ0) is 16.2. The normalized spacial score (nSPS) is 10.5. The Morgan fingerprint density at radius 1 is 1.13 bits per heavy atom. The summed E-state index contributed by atoms with van der Waals surface area (Å²) in [5.41, 5.74) is 3.52. The van der Waals surface area contributed by atoms with E-state index in [0.717, 1.165) is 16.7 Å². The topological polar surface area (TPSA) is 65.2 Å². The van der Waals surface area contributed by atoms with Gasteiger partial charge in [-0.05, 0) is 49.7 Å². The molecule has 0 aliphatic carbocycles. The van der Waals surface area contributed by atoms with Crippen molar-refractivity contribution in [2.75, 3.05) is 6.61 Å². The highest BCUT2D eigenvalue weighted by atomic mass is 16.5. The number of benzene rings is 2. The Hall–Kier alpha value is -2.95. The number of Topliss-reactive ketones (excluding diaryl/α,β-unsaturated/α-hetero) is 1. The molecule has 0 fully saturated rings. The van der Waals surface area contributed by atoms with Crippen LogP contribution in [0, 0.1) is 13.8 Å². The molecule has 3 aromatic rings. The van der Waals surface area contributed by atoms with Crippen molar-refractivity contribution < 1.29 is 13.9 Å². The monoisotopic (exact) mass is 308 g/mol. The van der Waals surface area contributed by atoms with Crippen molar-refractivity contribution in [1.82, 2.24) is 10.2 Å². The highest BCUT2D eigenvalue weighted by Crippen LogP contribution is 2.20. The predicted molar refractivity (Wildman–Crippen MR) is 85.5 cm³/mol. The van der Waals surface area contributed by atoms with E-state index in [1.807, 2.05) is 44.2 Å². The van der Waals surface area contributed by atoms with E-state index in [9.17, 15) is 4.79 Å². The Morgan fingerprint density at radius 2 is 1.91 bits per heavy atom. The van der Waals surface area contributed by atoms with Crippen LogP contribution in [0.3, 0.4) is 0 Å². The van der Waals surface area contributed by atoms with Crippen LogP contribution in [0.4, 0.5) is 0 Å². The third kappa shape index (κ3) is 3.45. The average molecular weight is 308 g/mol. The molecule has 0 radical (unpaired) electrons. The molecule has 0 bridgehead atoms. The van der Waals surface area contributed by atoms with Crippen LogP contribution in [0.15, 0.2) is 53.3 Å². The van der Waals surface area contributed by atoms with E-state index in [2.05, 4.69) is 10.2 Å². The van der Waals surface area contributed by atoms with Gasteiger partial charge in [0.05, 0.1) is 0 Å². The van der Waals surface area contributed by atoms with Gasteiger partial charge < -0.3 is 9.15 Å². The molecule has 0 aliphatic heterocycles. The van der Waals surface area contributed by atoms with Gasteiger partial charge >= 0.3 is 0 Å². The third-order valence-corrected chi connectivity index (χ3v) is 3.52. The summed E-state index contributed by atoms with van der Waals surface area (Å²) in [4.78, 5) is 12.3. The Labute approximate surface area is 133 Å². The summed E-state index contributed by atoms with van der Waals surface area (Å²) >= 11 is 0. The number of carbonyl (C=O) groups is 1. The van der Waals surface area contributed by atoms with Crippen molar-refractivity contribution in [3.05, 3.63) is 65.5 Å². The molecular formula is C18H16N2O3. The molecule has 3 rings (SSSR count). The number of carbonyl (C=O) groups excluding carboxylic acids is 1. The lowest BCUT2D eigenvalue weighted by atomic mass is 10.0. The number of aryl methyl sites for hydroxylation is 2. The summed E-state index contributed by atoms with van der Waals surface area (Å²) in [6, 6.07) is 13.0. The second-order valence-corrected chi connectivity index (χ2v) is 5.30. The van der Waals surface area contributed by atoms with Gasteiger partial charge in [-0.1, -0.05) is 17.7 Å². The van der Waals surface area contributed by atoms with Crippen LogP contribution in [0.1, 0.15) is 21.5 Å². The number of ketones is 1. The second kappa shape index (κ2) is 6.44. The maximum absolute atomic E-state index is 12.3. The number of rotatable bonds is 5. The minimum Gasteiger partial charge on any atom is -0.485 e. The molecule has 5 heteroatoms. The molecule has 0 N–H and O–H groups in total. The summed E-state index contributed by atoms with van der Waals surface area (Å²) < 4.78 is 10.7. The van der Waals surface area contributed by atoms with Gasteiger partial charge in [0.2, 0.25) is 12.3 Å². The molecule has 2 aromatic carbocycles. The van der Waals surface area contributed by atoms with E-state index >= 15 is 0 Å². The maximum Gasteiger partial charge on any atom is 0.247 e. The maximum atomic E-state index is 12.3. The highest BCUT2D eigenvalue weighted by molar-refractivity contribution is 5.98. The van der Waals surface area contributed by atoms with E-state index < -0.39 is 0 Å². The SMILES string of the molecule is Cc1ccc(C)c(C(=O)COc2ccc(-c3nnco3)cc2)c1. The number of nitrogens with zero attached hydrogens (tertiary/aromatic N) is 2. The molecule has 0 aliphatic rings.